The highest BCUT2D eigenvalue weighted by Crippen LogP contribution is 2.25. The summed E-state index contributed by atoms with van der Waals surface area (Å²) in [6.07, 6.45) is 1.61. The van der Waals surface area contributed by atoms with Crippen molar-refractivity contribution in [2.45, 2.75) is 32.7 Å². The van der Waals surface area contributed by atoms with E-state index in [0.29, 0.717) is 13.0 Å². The van der Waals surface area contributed by atoms with Gasteiger partial charge in [-0.2, -0.15) is 0 Å². The van der Waals surface area contributed by atoms with Gasteiger partial charge in [-0.05, 0) is 25.0 Å². The van der Waals surface area contributed by atoms with Crippen LogP contribution in [0.2, 0.25) is 0 Å². The molecule has 18 heavy (non-hydrogen) atoms. The van der Waals surface area contributed by atoms with E-state index < -0.39 is 0 Å². The first-order valence-electron chi connectivity index (χ1n) is 6.29. The molecule has 0 spiro atoms. The SMILES string of the molecule is CCCOc1ccccc1NC(CC)C(=O)OC. The van der Waals surface area contributed by atoms with Crippen molar-refractivity contribution in [3.8, 4) is 5.75 Å². The van der Waals surface area contributed by atoms with E-state index in [1.165, 1.54) is 7.11 Å². The molecule has 0 fully saturated rings. The first-order chi connectivity index (χ1) is 8.72. The molecule has 0 bridgehead atoms. The zero-order valence-corrected chi connectivity index (χ0v) is 11.2. The second kappa shape index (κ2) is 7.58. The highest BCUT2D eigenvalue weighted by atomic mass is 16.5. The van der Waals surface area contributed by atoms with E-state index in [4.69, 9.17) is 9.47 Å². The third-order valence-electron chi connectivity index (χ3n) is 2.57. The smallest absolute Gasteiger partial charge is 0.328 e. The first kappa shape index (κ1) is 14.4. The lowest BCUT2D eigenvalue weighted by atomic mass is 10.2. The van der Waals surface area contributed by atoms with Crippen LogP contribution in [0.5, 0.6) is 5.75 Å². The number of anilines is 1. The van der Waals surface area contributed by atoms with Gasteiger partial charge in [0.2, 0.25) is 0 Å². The van der Waals surface area contributed by atoms with Gasteiger partial charge in [-0.3, -0.25) is 0 Å². The van der Waals surface area contributed by atoms with Crippen LogP contribution in [0.4, 0.5) is 5.69 Å². The molecular weight excluding hydrogens is 230 g/mol. The van der Waals surface area contributed by atoms with Crippen LogP contribution in [-0.2, 0) is 9.53 Å². The molecule has 0 saturated carbocycles. The van der Waals surface area contributed by atoms with Gasteiger partial charge < -0.3 is 14.8 Å². The molecule has 0 saturated heterocycles. The predicted octanol–water partition coefficient (Wildman–Crippen LogP) is 2.84. The van der Waals surface area contributed by atoms with Crippen molar-refractivity contribution in [1.29, 1.82) is 0 Å². The molecule has 1 rings (SSSR count). The van der Waals surface area contributed by atoms with Gasteiger partial charge in [-0.1, -0.05) is 26.0 Å². The van der Waals surface area contributed by atoms with Crippen LogP contribution >= 0.6 is 0 Å². The summed E-state index contributed by atoms with van der Waals surface area (Å²) < 4.78 is 10.4. The topological polar surface area (TPSA) is 47.6 Å². The number of carbonyl (C=O) groups excluding carboxylic acids is 1. The summed E-state index contributed by atoms with van der Waals surface area (Å²) in [5, 5.41) is 3.16. The lowest BCUT2D eigenvalue weighted by Gasteiger charge is -2.18. The Bertz CT molecular complexity index is 379. The lowest BCUT2D eigenvalue weighted by molar-refractivity contribution is -0.141. The fourth-order valence-electron chi connectivity index (χ4n) is 1.58. The third kappa shape index (κ3) is 3.95. The zero-order valence-electron chi connectivity index (χ0n) is 11.2. The Labute approximate surface area is 108 Å². The average molecular weight is 251 g/mol. The third-order valence-corrected chi connectivity index (χ3v) is 2.57. The van der Waals surface area contributed by atoms with Crippen LogP contribution in [0.3, 0.4) is 0 Å². The molecule has 0 aliphatic heterocycles. The fourth-order valence-corrected chi connectivity index (χ4v) is 1.58. The number of benzene rings is 1. The van der Waals surface area contributed by atoms with Gasteiger partial charge in [0, 0.05) is 0 Å². The number of methoxy groups -OCH3 is 1. The number of esters is 1. The van der Waals surface area contributed by atoms with Crippen molar-refractivity contribution in [3.05, 3.63) is 24.3 Å². The van der Waals surface area contributed by atoms with Crippen LogP contribution in [0.1, 0.15) is 26.7 Å². The number of hydrogen-bond donors (Lipinski definition) is 1. The summed E-state index contributed by atoms with van der Waals surface area (Å²) in [7, 11) is 1.40. The summed E-state index contributed by atoms with van der Waals surface area (Å²) >= 11 is 0. The molecule has 0 aliphatic rings. The molecule has 0 heterocycles. The van der Waals surface area contributed by atoms with Crippen molar-refractivity contribution in [3.63, 3.8) is 0 Å². The number of carbonyl (C=O) groups is 1. The summed E-state index contributed by atoms with van der Waals surface area (Å²) in [5.74, 6) is 0.504. The van der Waals surface area contributed by atoms with Crippen LogP contribution < -0.4 is 10.1 Å². The Hall–Kier alpha value is -1.71. The molecule has 4 heteroatoms. The molecule has 100 valence electrons. The standard InChI is InChI=1S/C14H21NO3/c1-4-10-18-13-9-7-6-8-12(13)15-11(5-2)14(16)17-3/h6-9,11,15H,4-5,10H2,1-3H3. The van der Waals surface area contributed by atoms with Crippen molar-refractivity contribution in [2.24, 2.45) is 0 Å². The minimum atomic E-state index is -0.346. The van der Waals surface area contributed by atoms with E-state index in [2.05, 4.69) is 12.2 Å². The van der Waals surface area contributed by atoms with Gasteiger partial charge in [0.25, 0.3) is 0 Å². The molecule has 0 radical (unpaired) electrons. The van der Waals surface area contributed by atoms with Crippen LogP contribution in [0.15, 0.2) is 24.3 Å². The average Bonchev–Trinajstić information content (AvgIpc) is 2.42. The number of ether oxygens (including phenoxy) is 2. The zero-order chi connectivity index (χ0) is 13.4. The maximum Gasteiger partial charge on any atom is 0.328 e. The molecule has 1 unspecified atom stereocenters. The van der Waals surface area contributed by atoms with Gasteiger partial charge in [-0.15, -0.1) is 0 Å². The second-order valence-electron chi connectivity index (χ2n) is 3.97. The summed E-state index contributed by atoms with van der Waals surface area (Å²) in [6, 6.07) is 7.26. The minimum absolute atomic E-state index is 0.261. The predicted molar refractivity (Wildman–Crippen MR) is 71.9 cm³/mol. The van der Waals surface area contributed by atoms with Gasteiger partial charge in [0.05, 0.1) is 19.4 Å². The minimum Gasteiger partial charge on any atom is -0.491 e. The fraction of sp³-hybridized carbons (Fsp3) is 0.500. The van der Waals surface area contributed by atoms with E-state index in [9.17, 15) is 4.79 Å². The van der Waals surface area contributed by atoms with Crippen LogP contribution in [0.25, 0.3) is 0 Å². The monoisotopic (exact) mass is 251 g/mol. The second-order valence-corrected chi connectivity index (χ2v) is 3.97. The van der Waals surface area contributed by atoms with E-state index in [0.717, 1.165) is 17.9 Å². The molecule has 0 amide bonds. The molecule has 1 N–H and O–H groups in total. The molecule has 1 aromatic carbocycles. The highest BCUT2D eigenvalue weighted by Gasteiger charge is 2.17. The van der Waals surface area contributed by atoms with Gasteiger partial charge in [0.1, 0.15) is 11.8 Å². The molecule has 1 aromatic rings. The molecule has 0 aromatic heterocycles. The molecule has 0 aliphatic carbocycles. The van der Waals surface area contributed by atoms with Crippen molar-refractivity contribution < 1.29 is 14.3 Å². The Kier molecular flexibility index (Phi) is 6.05. The van der Waals surface area contributed by atoms with E-state index in [1.54, 1.807) is 0 Å². The van der Waals surface area contributed by atoms with Crippen LogP contribution in [-0.4, -0.2) is 25.7 Å². The molecule has 1 atom stereocenters. The highest BCUT2D eigenvalue weighted by molar-refractivity contribution is 5.79. The molecule has 4 nitrogen and oxygen atoms in total. The first-order valence-corrected chi connectivity index (χ1v) is 6.29. The summed E-state index contributed by atoms with van der Waals surface area (Å²) in [6.45, 7) is 4.65. The Morgan fingerprint density at radius 3 is 2.67 bits per heavy atom. The molecular formula is C14H21NO3. The Balaban J connectivity index is 2.78. The van der Waals surface area contributed by atoms with Gasteiger partial charge >= 0.3 is 5.97 Å². The van der Waals surface area contributed by atoms with E-state index >= 15 is 0 Å². The van der Waals surface area contributed by atoms with E-state index in [1.807, 2.05) is 31.2 Å². The summed E-state index contributed by atoms with van der Waals surface area (Å²) in [4.78, 5) is 11.5. The van der Waals surface area contributed by atoms with Gasteiger partial charge in [0.15, 0.2) is 0 Å². The number of hydrogen-bond acceptors (Lipinski definition) is 4. The van der Waals surface area contributed by atoms with E-state index in [-0.39, 0.29) is 12.0 Å². The van der Waals surface area contributed by atoms with Crippen molar-refractivity contribution in [1.82, 2.24) is 0 Å². The quantitative estimate of drug-likeness (QED) is 0.757. The number of nitrogens with one attached hydrogen (secondary N) is 1. The Morgan fingerprint density at radius 1 is 1.33 bits per heavy atom. The normalized spacial score (nSPS) is 11.7. The largest absolute Gasteiger partial charge is 0.491 e. The maximum atomic E-state index is 11.5. The maximum absolute atomic E-state index is 11.5. The Morgan fingerprint density at radius 2 is 2.06 bits per heavy atom. The lowest BCUT2D eigenvalue weighted by Crippen LogP contribution is -2.30. The van der Waals surface area contributed by atoms with Crippen molar-refractivity contribution in [2.75, 3.05) is 19.0 Å². The summed E-state index contributed by atoms with van der Waals surface area (Å²) in [5.41, 5.74) is 0.822. The number of rotatable bonds is 7. The van der Waals surface area contributed by atoms with Crippen LogP contribution in [0, 0.1) is 0 Å². The number of para-hydroxylation sites is 2. The van der Waals surface area contributed by atoms with Crippen molar-refractivity contribution >= 4 is 11.7 Å². The van der Waals surface area contributed by atoms with Gasteiger partial charge in [-0.25, -0.2) is 4.79 Å².